The van der Waals surface area contributed by atoms with Gasteiger partial charge >= 0.3 is 0 Å². The van der Waals surface area contributed by atoms with E-state index >= 15 is 0 Å². The van der Waals surface area contributed by atoms with Gasteiger partial charge in [-0.15, -0.1) is 0 Å². The van der Waals surface area contributed by atoms with Crippen molar-refractivity contribution in [3.8, 4) is 0 Å². The number of benzene rings is 1. The van der Waals surface area contributed by atoms with Crippen LogP contribution < -0.4 is 16.4 Å². The van der Waals surface area contributed by atoms with Crippen molar-refractivity contribution in [1.82, 2.24) is 10.6 Å². The minimum atomic E-state index is -0.672. The second-order valence-corrected chi connectivity index (χ2v) is 4.50. The van der Waals surface area contributed by atoms with Gasteiger partial charge in [0.25, 0.3) is 0 Å². The molecule has 1 aromatic carbocycles. The summed E-state index contributed by atoms with van der Waals surface area (Å²) in [7, 11) is 0. The van der Waals surface area contributed by atoms with E-state index in [1.54, 1.807) is 0 Å². The largest absolute Gasteiger partial charge is 0.366 e. The molecule has 0 unspecified atom stereocenters. The Kier molecular flexibility index (Phi) is 5.44. The summed E-state index contributed by atoms with van der Waals surface area (Å²) in [5.41, 5.74) is 5.55. The number of hydrogen-bond donors (Lipinski definition) is 3. The van der Waals surface area contributed by atoms with Crippen LogP contribution in [0.3, 0.4) is 0 Å². The molecule has 1 aromatic rings. The van der Waals surface area contributed by atoms with Crippen molar-refractivity contribution in [2.45, 2.75) is 26.4 Å². The lowest BCUT2D eigenvalue weighted by atomic mass is 10.1. The fourth-order valence-electron chi connectivity index (χ4n) is 1.53. The lowest BCUT2D eigenvalue weighted by Gasteiger charge is -2.10. The molecule has 0 bridgehead atoms. The second kappa shape index (κ2) is 6.84. The molecular weight excluding hydrogens is 249 g/mol. The highest BCUT2D eigenvalue weighted by Gasteiger charge is 2.08. The second-order valence-electron chi connectivity index (χ2n) is 4.50. The number of halogens is 1. The quantitative estimate of drug-likeness (QED) is 0.703. The molecule has 0 heterocycles. The maximum Gasteiger partial charge on any atom is 0.248 e. The van der Waals surface area contributed by atoms with Crippen LogP contribution in [0.2, 0.25) is 0 Å². The third-order valence-electron chi connectivity index (χ3n) is 2.39. The SMILES string of the molecule is CC(C)NC(=O)CNCc1ccc(C(N)=O)cc1F. The predicted molar refractivity (Wildman–Crippen MR) is 69.9 cm³/mol. The summed E-state index contributed by atoms with van der Waals surface area (Å²) in [5.74, 6) is -1.34. The maximum absolute atomic E-state index is 13.6. The van der Waals surface area contributed by atoms with Crippen LogP contribution in [0.1, 0.15) is 29.8 Å². The van der Waals surface area contributed by atoms with E-state index in [0.717, 1.165) is 6.07 Å². The number of amides is 2. The van der Waals surface area contributed by atoms with Gasteiger partial charge in [0.05, 0.1) is 6.54 Å². The number of hydrogen-bond acceptors (Lipinski definition) is 3. The third kappa shape index (κ3) is 5.05. The normalized spacial score (nSPS) is 10.5. The highest BCUT2D eigenvalue weighted by atomic mass is 19.1. The fourth-order valence-corrected chi connectivity index (χ4v) is 1.53. The van der Waals surface area contributed by atoms with Gasteiger partial charge < -0.3 is 16.4 Å². The Hall–Kier alpha value is -1.95. The molecule has 0 radical (unpaired) electrons. The minimum absolute atomic E-state index is 0.0703. The molecule has 0 spiro atoms. The van der Waals surface area contributed by atoms with E-state index in [1.807, 2.05) is 13.8 Å². The topological polar surface area (TPSA) is 84.2 Å². The summed E-state index contributed by atoms with van der Waals surface area (Å²) < 4.78 is 13.6. The number of rotatable bonds is 6. The third-order valence-corrected chi connectivity index (χ3v) is 2.39. The zero-order chi connectivity index (χ0) is 14.4. The van der Waals surface area contributed by atoms with Crippen LogP contribution >= 0.6 is 0 Å². The molecular formula is C13H18FN3O2. The number of nitrogens with one attached hydrogen (secondary N) is 2. The Morgan fingerprint density at radius 3 is 2.58 bits per heavy atom. The van der Waals surface area contributed by atoms with E-state index in [2.05, 4.69) is 10.6 Å². The maximum atomic E-state index is 13.6. The van der Waals surface area contributed by atoms with Crippen LogP contribution in [-0.2, 0) is 11.3 Å². The molecule has 0 aromatic heterocycles. The summed E-state index contributed by atoms with van der Waals surface area (Å²) >= 11 is 0. The van der Waals surface area contributed by atoms with Gasteiger partial charge in [-0.25, -0.2) is 4.39 Å². The van der Waals surface area contributed by atoms with Crippen molar-refractivity contribution in [1.29, 1.82) is 0 Å². The van der Waals surface area contributed by atoms with Gasteiger partial charge in [-0.05, 0) is 26.0 Å². The lowest BCUT2D eigenvalue weighted by Crippen LogP contribution is -2.37. The molecule has 5 nitrogen and oxygen atoms in total. The van der Waals surface area contributed by atoms with Gasteiger partial charge in [-0.3, -0.25) is 9.59 Å². The summed E-state index contributed by atoms with van der Waals surface area (Å²) in [5, 5.41) is 5.54. The number of carbonyl (C=O) groups is 2. The van der Waals surface area contributed by atoms with E-state index in [4.69, 9.17) is 5.73 Å². The molecule has 6 heteroatoms. The van der Waals surface area contributed by atoms with Gasteiger partial charge in [0.1, 0.15) is 5.82 Å². The van der Waals surface area contributed by atoms with Crippen molar-refractivity contribution in [3.05, 3.63) is 35.1 Å². The van der Waals surface area contributed by atoms with E-state index in [-0.39, 0.29) is 30.6 Å². The van der Waals surface area contributed by atoms with Crippen LogP contribution in [-0.4, -0.2) is 24.4 Å². The first-order chi connectivity index (χ1) is 8.90. The van der Waals surface area contributed by atoms with E-state index in [0.29, 0.717) is 5.56 Å². The first-order valence-corrected chi connectivity index (χ1v) is 5.98. The van der Waals surface area contributed by atoms with E-state index < -0.39 is 11.7 Å². The molecule has 104 valence electrons. The highest BCUT2D eigenvalue weighted by molar-refractivity contribution is 5.92. The van der Waals surface area contributed by atoms with Crippen LogP contribution in [0.25, 0.3) is 0 Å². The Morgan fingerprint density at radius 2 is 2.05 bits per heavy atom. The Labute approximate surface area is 111 Å². The molecule has 0 saturated carbocycles. The first-order valence-electron chi connectivity index (χ1n) is 5.98. The molecule has 1 rings (SSSR count). The van der Waals surface area contributed by atoms with Crippen LogP contribution in [0.15, 0.2) is 18.2 Å². The summed E-state index contributed by atoms with van der Waals surface area (Å²) in [6.45, 7) is 4.03. The van der Waals surface area contributed by atoms with Crippen molar-refractivity contribution >= 4 is 11.8 Å². The molecule has 0 fully saturated rings. The molecule has 0 saturated heterocycles. The fraction of sp³-hybridized carbons (Fsp3) is 0.385. The Bertz CT molecular complexity index is 475. The lowest BCUT2D eigenvalue weighted by molar-refractivity contribution is -0.120. The number of primary amides is 1. The van der Waals surface area contributed by atoms with Gasteiger partial charge in [-0.2, -0.15) is 0 Å². The first kappa shape index (κ1) is 15.1. The minimum Gasteiger partial charge on any atom is -0.366 e. The van der Waals surface area contributed by atoms with Crippen molar-refractivity contribution in [2.75, 3.05) is 6.54 Å². The van der Waals surface area contributed by atoms with Crippen LogP contribution in [0.4, 0.5) is 4.39 Å². The average molecular weight is 267 g/mol. The Balaban J connectivity index is 2.50. The zero-order valence-corrected chi connectivity index (χ0v) is 11.0. The van der Waals surface area contributed by atoms with E-state index in [9.17, 15) is 14.0 Å². The molecule has 0 atom stereocenters. The zero-order valence-electron chi connectivity index (χ0n) is 11.0. The molecule has 4 N–H and O–H groups in total. The van der Waals surface area contributed by atoms with Crippen LogP contribution in [0.5, 0.6) is 0 Å². The summed E-state index contributed by atoms with van der Waals surface area (Å²) in [6, 6.07) is 4.09. The molecule has 0 aliphatic heterocycles. The van der Waals surface area contributed by atoms with Crippen molar-refractivity contribution < 1.29 is 14.0 Å². The molecule has 2 amide bonds. The Morgan fingerprint density at radius 1 is 1.37 bits per heavy atom. The van der Waals surface area contributed by atoms with Crippen molar-refractivity contribution in [2.24, 2.45) is 5.73 Å². The predicted octanol–water partition coefficient (Wildman–Crippen LogP) is 0.539. The standard InChI is InChI=1S/C13H18FN3O2/c1-8(2)17-12(18)7-16-6-10-4-3-9(13(15)19)5-11(10)14/h3-5,8,16H,6-7H2,1-2H3,(H2,15,19)(H,17,18). The number of nitrogens with two attached hydrogens (primary N) is 1. The van der Waals surface area contributed by atoms with Crippen molar-refractivity contribution in [3.63, 3.8) is 0 Å². The smallest absolute Gasteiger partial charge is 0.248 e. The average Bonchev–Trinajstić information content (AvgIpc) is 2.29. The van der Waals surface area contributed by atoms with Gasteiger partial charge in [-0.1, -0.05) is 6.07 Å². The van der Waals surface area contributed by atoms with Gasteiger partial charge in [0, 0.05) is 23.7 Å². The number of carbonyl (C=O) groups excluding carboxylic acids is 2. The van der Waals surface area contributed by atoms with Gasteiger partial charge in [0.2, 0.25) is 11.8 Å². The molecule has 19 heavy (non-hydrogen) atoms. The summed E-state index contributed by atoms with van der Waals surface area (Å²) in [6.07, 6.45) is 0. The molecule has 0 aliphatic rings. The van der Waals surface area contributed by atoms with Crippen LogP contribution in [0, 0.1) is 5.82 Å². The monoisotopic (exact) mass is 267 g/mol. The summed E-state index contributed by atoms with van der Waals surface area (Å²) in [4.78, 5) is 22.2. The highest BCUT2D eigenvalue weighted by Crippen LogP contribution is 2.09. The van der Waals surface area contributed by atoms with Gasteiger partial charge in [0.15, 0.2) is 0 Å². The molecule has 0 aliphatic carbocycles. The van der Waals surface area contributed by atoms with E-state index in [1.165, 1.54) is 12.1 Å².